The minimum Gasteiger partial charge on any atom is -0.368 e. The lowest BCUT2D eigenvalue weighted by Gasteiger charge is -2.10. The third kappa shape index (κ3) is 2.92. The summed E-state index contributed by atoms with van der Waals surface area (Å²) in [7, 11) is 0. The third-order valence-electron chi connectivity index (χ3n) is 1.79. The van der Waals surface area contributed by atoms with Gasteiger partial charge >= 0.3 is 0 Å². The summed E-state index contributed by atoms with van der Waals surface area (Å²) in [6, 6.07) is 0.750. The number of aromatic nitrogens is 1. The topological polar surface area (TPSA) is 85.1 Å². The molecule has 1 atom stereocenters. The van der Waals surface area contributed by atoms with Crippen LogP contribution in [-0.4, -0.2) is 22.8 Å². The number of nitrogens with one attached hydrogen (secondary N) is 1. The van der Waals surface area contributed by atoms with Gasteiger partial charge in [0.1, 0.15) is 6.04 Å². The maximum absolute atomic E-state index is 11.5. The minimum atomic E-state index is -0.742. The molecule has 15 heavy (non-hydrogen) atoms. The Morgan fingerprint density at radius 3 is 2.80 bits per heavy atom. The van der Waals surface area contributed by atoms with Crippen LogP contribution in [0.25, 0.3) is 0 Å². The first-order chi connectivity index (χ1) is 7.02. The molecule has 0 radical (unpaired) electrons. The van der Waals surface area contributed by atoms with Gasteiger partial charge in [-0.3, -0.25) is 14.6 Å². The van der Waals surface area contributed by atoms with Crippen LogP contribution in [-0.2, 0) is 4.79 Å². The summed E-state index contributed by atoms with van der Waals surface area (Å²) in [6.07, 6.45) is 2.79. The molecule has 6 heteroatoms. The summed E-state index contributed by atoms with van der Waals surface area (Å²) in [6.45, 7) is 1.49. The lowest BCUT2D eigenvalue weighted by atomic mass is 10.2. The number of halogens is 1. The van der Waals surface area contributed by atoms with Crippen molar-refractivity contribution in [3.05, 3.63) is 29.0 Å². The monoisotopic (exact) mass is 227 g/mol. The molecule has 0 aliphatic rings. The van der Waals surface area contributed by atoms with Gasteiger partial charge in [-0.15, -0.1) is 0 Å². The van der Waals surface area contributed by atoms with Gasteiger partial charge in [0, 0.05) is 12.4 Å². The van der Waals surface area contributed by atoms with E-state index in [0.717, 1.165) is 0 Å². The molecule has 0 bridgehead atoms. The van der Waals surface area contributed by atoms with Crippen LogP contribution in [0.15, 0.2) is 18.5 Å². The molecule has 0 saturated heterocycles. The van der Waals surface area contributed by atoms with Gasteiger partial charge in [0.25, 0.3) is 5.91 Å². The fourth-order valence-corrected chi connectivity index (χ4v) is 1.08. The molecule has 0 spiro atoms. The number of rotatable bonds is 3. The summed E-state index contributed by atoms with van der Waals surface area (Å²) in [5.74, 6) is -1.08. The molecule has 80 valence electrons. The van der Waals surface area contributed by atoms with Crippen molar-refractivity contribution in [2.75, 3.05) is 0 Å². The van der Waals surface area contributed by atoms with E-state index in [0.29, 0.717) is 0 Å². The zero-order valence-electron chi connectivity index (χ0n) is 8.03. The summed E-state index contributed by atoms with van der Waals surface area (Å²) < 4.78 is 0. The largest absolute Gasteiger partial charge is 0.368 e. The lowest BCUT2D eigenvalue weighted by Crippen LogP contribution is -2.42. The maximum Gasteiger partial charge on any atom is 0.255 e. The highest BCUT2D eigenvalue weighted by atomic mass is 35.5. The number of carbonyl (C=O) groups is 2. The number of primary amides is 1. The Morgan fingerprint density at radius 2 is 2.27 bits per heavy atom. The average Bonchev–Trinajstić information content (AvgIpc) is 2.18. The second-order valence-corrected chi connectivity index (χ2v) is 3.36. The number of carbonyl (C=O) groups excluding carboxylic acids is 2. The number of amides is 2. The highest BCUT2D eigenvalue weighted by Gasteiger charge is 2.15. The van der Waals surface area contributed by atoms with Crippen LogP contribution >= 0.6 is 11.6 Å². The van der Waals surface area contributed by atoms with E-state index in [1.165, 1.54) is 25.4 Å². The van der Waals surface area contributed by atoms with Crippen LogP contribution in [0.5, 0.6) is 0 Å². The van der Waals surface area contributed by atoms with E-state index in [2.05, 4.69) is 10.3 Å². The Bertz CT molecular complexity index is 395. The smallest absolute Gasteiger partial charge is 0.255 e. The van der Waals surface area contributed by atoms with Crippen LogP contribution in [0.2, 0.25) is 5.02 Å². The predicted octanol–water partition coefficient (Wildman–Crippen LogP) is 0.339. The Balaban J connectivity index is 2.78. The van der Waals surface area contributed by atoms with Crippen LogP contribution in [0.3, 0.4) is 0 Å². The Hall–Kier alpha value is -1.62. The quantitative estimate of drug-likeness (QED) is 0.781. The number of pyridine rings is 1. The van der Waals surface area contributed by atoms with Gasteiger partial charge in [0.15, 0.2) is 0 Å². The fraction of sp³-hybridized carbons (Fsp3) is 0.222. The van der Waals surface area contributed by atoms with Gasteiger partial charge < -0.3 is 11.1 Å². The van der Waals surface area contributed by atoms with Crippen molar-refractivity contribution in [3.8, 4) is 0 Å². The normalized spacial score (nSPS) is 11.9. The Labute approximate surface area is 91.6 Å². The minimum absolute atomic E-state index is 0.215. The summed E-state index contributed by atoms with van der Waals surface area (Å²) >= 11 is 5.77. The molecule has 0 aromatic carbocycles. The van der Waals surface area contributed by atoms with E-state index < -0.39 is 17.9 Å². The molecule has 0 unspecified atom stereocenters. The van der Waals surface area contributed by atoms with Gasteiger partial charge in [0.05, 0.1) is 10.6 Å². The Morgan fingerprint density at radius 1 is 1.60 bits per heavy atom. The van der Waals surface area contributed by atoms with Crippen molar-refractivity contribution in [1.82, 2.24) is 10.3 Å². The van der Waals surface area contributed by atoms with E-state index in [1.54, 1.807) is 0 Å². The first-order valence-electron chi connectivity index (χ1n) is 4.22. The molecular formula is C9H10ClN3O2. The molecule has 0 aliphatic carbocycles. The molecule has 0 saturated carbocycles. The maximum atomic E-state index is 11.5. The SMILES string of the molecule is C[C@H](NC(=O)c1cnccc1Cl)C(N)=O. The molecule has 2 amide bonds. The number of hydrogen-bond donors (Lipinski definition) is 2. The highest BCUT2D eigenvalue weighted by molar-refractivity contribution is 6.33. The standard InChI is InChI=1S/C9H10ClN3O2/c1-5(8(11)14)13-9(15)6-4-12-3-2-7(6)10/h2-5H,1H3,(H2,11,14)(H,13,15)/t5-/m0/s1. The van der Waals surface area contributed by atoms with Crippen molar-refractivity contribution < 1.29 is 9.59 Å². The molecule has 3 N–H and O–H groups in total. The zero-order valence-corrected chi connectivity index (χ0v) is 8.78. The molecule has 1 rings (SSSR count). The van der Waals surface area contributed by atoms with Crippen LogP contribution in [0.4, 0.5) is 0 Å². The fourth-order valence-electron chi connectivity index (χ4n) is 0.890. The number of hydrogen-bond acceptors (Lipinski definition) is 3. The van der Waals surface area contributed by atoms with Crippen molar-refractivity contribution >= 4 is 23.4 Å². The summed E-state index contributed by atoms with van der Waals surface area (Å²) in [5.41, 5.74) is 5.21. The first kappa shape index (κ1) is 11.5. The van der Waals surface area contributed by atoms with Gasteiger partial charge in [-0.1, -0.05) is 11.6 Å². The van der Waals surface area contributed by atoms with Crippen molar-refractivity contribution in [2.45, 2.75) is 13.0 Å². The number of nitrogens with zero attached hydrogens (tertiary/aromatic N) is 1. The second kappa shape index (κ2) is 4.75. The molecule has 0 aliphatic heterocycles. The van der Waals surface area contributed by atoms with Crippen molar-refractivity contribution in [3.63, 3.8) is 0 Å². The highest BCUT2D eigenvalue weighted by Crippen LogP contribution is 2.13. The lowest BCUT2D eigenvalue weighted by molar-refractivity contribution is -0.119. The van der Waals surface area contributed by atoms with Crippen molar-refractivity contribution in [2.24, 2.45) is 5.73 Å². The molecular weight excluding hydrogens is 218 g/mol. The van der Waals surface area contributed by atoms with E-state index in [-0.39, 0.29) is 10.6 Å². The van der Waals surface area contributed by atoms with Gasteiger partial charge in [0.2, 0.25) is 5.91 Å². The molecule has 5 nitrogen and oxygen atoms in total. The van der Waals surface area contributed by atoms with E-state index in [1.807, 2.05) is 0 Å². The third-order valence-corrected chi connectivity index (χ3v) is 2.12. The van der Waals surface area contributed by atoms with E-state index in [9.17, 15) is 9.59 Å². The predicted molar refractivity (Wildman–Crippen MR) is 55.4 cm³/mol. The molecule has 1 aromatic heterocycles. The van der Waals surface area contributed by atoms with Gasteiger partial charge in [-0.05, 0) is 13.0 Å². The van der Waals surface area contributed by atoms with Crippen LogP contribution in [0.1, 0.15) is 17.3 Å². The number of nitrogens with two attached hydrogens (primary N) is 1. The Kier molecular flexibility index (Phi) is 3.62. The van der Waals surface area contributed by atoms with Crippen LogP contribution < -0.4 is 11.1 Å². The van der Waals surface area contributed by atoms with Crippen molar-refractivity contribution in [1.29, 1.82) is 0 Å². The molecule has 0 fully saturated rings. The second-order valence-electron chi connectivity index (χ2n) is 2.95. The first-order valence-corrected chi connectivity index (χ1v) is 4.60. The van der Waals surface area contributed by atoms with E-state index >= 15 is 0 Å². The van der Waals surface area contributed by atoms with E-state index in [4.69, 9.17) is 17.3 Å². The van der Waals surface area contributed by atoms with Gasteiger partial charge in [-0.2, -0.15) is 0 Å². The van der Waals surface area contributed by atoms with Crippen LogP contribution in [0, 0.1) is 0 Å². The summed E-state index contributed by atoms with van der Waals surface area (Å²) in [5, 5.41) is 2.68. The average molecular weight is 228 g/mol. The summed E-state index contributed by atoms with van der Waals surface area (Å²) in [4.78, 5) is 26.0. The molecule has 1 heterocycles. The zero-order chi connectivity index (χ0) is 11.4. The molecule has 1 aromatic rings. The van der Waals surface area contributed by atoms with Gasteiger partial charge in [-0.25, -0.2) is 0 Å².